The maximum absolute atomic E-state index is 12.0. The molecule has 0 radical (unpaired) electrons. The van der Waals surface area contributed by atoms with Crippen molar-refractivity contribution in [3.05, 3.63) is 59.4 Å². The van der Waals surface area contributed by atoms with Crippen molar-refractivity contribution >= 4 is 11.6 Å². The Morgan fingerprint density at radius 1 is 1.30 bits per heavy atom. The molecule has 0 atom stereocenters. The lowest BCUT2D eigenvalue weighted by molar-refractivity contribution is 0.0951. The Bertz CT molecular complexity index is 645. The first-order valence-corrected chi connectivity index (χ1v) is 5.92. The van der Waals surface area contributed by atoms with Gasteiger partial charge in [-0.3, -0.25) is 15.6 Å². The number of nitrogens with zero attached hydrogens (tertiary/aromatic N) is 2. The van der Waals surface area contributed by atoms with Crippen LogP contribution in [0, 0.1) is 11.3 Å². The summed E-state index contributed by atoms with van der Waals surface area (Å²) in [5.74, 6) is 5.08. The van der Waals surface area contributed by atoms with Gasteiger partial charge in [0.25, 0.3) is 5.91 Å². The number of hydrazine groups is 1. The van der Waals surface area contributed by atoms with Gasteiger partial charge < -0.3 is 10.7 Å². The van der Waals surface area contributed by atoms with Gasteiger partial charge in [-0.15, -0.1) is 0 Å². The molecule has 0 aliphatic carbocycles. The van der Waals surface area contributed by atoms with Crippen molar-refractivity contribution in [2.45, 2.75) is 6.54 Å². The minimum Gasteiger partial charge on any atom is -0.348 e. The van der Waals surface area contributed by atoms with E-state index < -0.39 is 0 Å². The minimum atomic E-state index is -0.246. The highest BCUT2D eigenvalue weighted by atomic mass is 16.1. The highest BCUT2D eigenvalue weighted by Crippen LogP contribution is 2.11. The summed E-state index contributed by atoms with van der Waals surface area (Å²) < 4.78 is 0. The molecule has 1 aromatic carbocycles. The Kier molecular flexibility index (Phi) is 4.27. The zero-order valence-electron chi connectivity index (χ0n) is 10.6. The van der Waals surface area contributed by atoms with Crippen LogP contribution in [0.3, 0.4) is 0 Å². The van der Waals surface area contributed by atoms with Gasteiger partial charge in [-0.1, -0.05) is 12.1 Å². The molecule has 0 fully saturated rings. The summed E-state index contributed by atoms with van der Waals surface area (Å²) >= 11 is 0. The molecule has 0 aliphatic rings. The van der Waals surface area contributed by atoms with Crippen LogP contribution in [0.4, 0.5) is 5.69 Å². The van der Waals surface area contributed by atoms with Crippen LogP contribution in [-0.2, 0) is 6.54 Å². The average Bonchev–Trinajstić information content (AvgIpc) is 2.53. The molecule has 0 bridgehead atoms. The quantitative estimate of drug-likeness (QED) is 0.570. The van der Waals surface area contributed by atoms with Gasteiger partial charge in [0.15, 0.2) is 0 Å². The molecule has 4 N–H and O–H groups in total. The van der Waals surface area contributed by atoms with Crippen molar-refractivity contribution in [3.63, 3.8) is 0 Å². The molecule has 6 heteroatoms. The third-order valence-electron chi connectivity index (χ3n) is 2.76. The van der Waals surface area contributed by atoms with Crippen molar-refractivity contribution in [1.82, 2.24) is 10.3 Å². The van der Waals surface area contributed by atoms with Crippen LogP contribution < -0.4 is 16.6 Å². The second kappa shape index (κ2) is 6.31. The molecule has 0 saturated heterocycles. The standard InChI is InChI=1S/C14H13N5O/c15-7-10-1-3-11(4-2-10)8-18-14(20)12-5-6-17-9-13(12)19-16/h1-6,9,19H,8,16H2,(H,18,20). The van der Waals surface area contributed by atoms with E-state index in [-0.39, 0.29) is 5.91 Å². The van der Waals surface area contributed by atoms with Crippen molar-refractivity contribution in [3.8, 4) is 6.07 Å². The number of carbonyl (C=O) groups excluding carboxylic acids is 1. The lowest BCUT2D eigenvalue weighted by Gasteiger charge is -2.09. The number of nitrogens with one attached hydrogen (secondary N) is 2. The summed E-state index contributed by atoms with van der Waals surface area (Å²) in [5, 5.41) is 11.5. The molecule has 0 unspecified atom stereocenters. The summed E-state index contributed by atoms with van der Waals surface area (Å²) in [6, 6.07) is 10.6. The SMILES string of the molecule is N#Cc1ccc(CNC(=O)c2ccncc2NN)cc1. The van der Waals surface area contributed by atoms with E-state index >= 15 is 0 Å². The van der Waals surface area contributed by atoms with Crippen molar-refractivity contribution in [2.75, 3.05) is 5.43 Å². The number of benzene rings is 1. The largest absolute Gasteiger partial charge is 0.348 e. The number of aromatic nitrogens is 1. The Morgan fingerprint density at radius 3 is 2.70 bits per heavy atom. The number of rotatable bonds is 4. The molecule has 0 aliphatic heterocycles. The molecule has 0 spiro atoms. The van der Waals surface area contributed by atoms with Crippen LogP contribution in [-0.4, -0.2) is 10.9 Å². The van der Waals surface area contributed by atoms with Crippen LogP contribution in [0.15, 0.2) is 42.7 Å². The second-order valence-corrected chi connectivity index (χ2v) is 4.06. The number of amides is 1. The lowest BCUT2D eigenvalue weighted by Crippen LogP contribution is -2.24. The van der Waals surface area contributed by atoms with E-state index in [4.69, 9.17) is 11.1 Å². The molecule has 1 aromatic heterocycles. The van der Waals surface area contributed by atoms with Gasteiger partial charge in [0, 0.05) is 12.7 Å². The van der Waals surface area contributed by atoms with E-state index in [0.29, 0.717) is 23.4 Å². The summed E-state index contributed by atoms with van der Waals surface area (Å²) in [5.41, 5.74) is 4.82. The first kappa shape index (κ1) is 13.5. The molecule has 2 rings (SSSR count). The molecule has 20 heavy (non-hydrogen) atoms. The molecule has 1 heterocycles. The van der Waals surface area contributed by atoms with Gasteiger partial charge in [0.05, 0.1) is 29.1 Å². The van der Waals surface area contributed by atoms with E-state index in [1.54, 1.807) is 30.3 Å². The first-order chi connectivity index (χ1) is 9.74. The zero-order chi connectivity index (χ0) is 14.4. The van der Waals surface area contributed by atoms with Gasteiger partial charge in [-0.05, 0) is 23.8 Å². The van der Waals surface area contributed by atoms with E-state index in [9.17, 15) is 4.79 Å². The van der Waals surface area contributed by atoms with Gasteiger partial charge in [-0.25, -0.2) is 0 Å². The monoisotopic (exact) mass is 267 g/mol. The number of hydrogen-bond acceptors (Lipinski definition) is 5. The van der Waals surface area contributed by atoms with Crippen LogP contribution in [0.5, 0.6) is 0 Å². The molecule has 0 saturated carbocycles. The highest BCUT2D eigenvalue weighted by Gasteiger charge is 2.10. The van der Waals surface area contributed by atoms with Crippen LogP contribution >= 0.6 is 0 Å². The number of pyridine rings is 1. The Hall–Kier alpha value is -2.91. The minimum absolute atomic E-state index is 0.246. The third kappa shape index (κ3) is 3.10. The van der Waals surface area contributed by atoms with Crippen molar-refractivity contribution in [2.24, 2.45) is 5.84 Å². The molecular formula is C14H13N5O. The Balaban J connectivity index is 2.03. The molecule has 100 valence electrons. The summed E-state index contributed by atoms with van der Waals surface area (Å²) in [7, 11) is 0. The number of nitrogens with two attached hydrogens (primary N) is 1. The van der Waals surface area contributed by atoms with Crippen LogP contribution in [0.1, 0.15) is 21.5 Å². The average molecular weight is 267 g/mol. The van der Waals surface area contributed by atoms with Gasteiger partial charge in [0.1, 0.15) is 0 Å². The second-order valence-electron chi connectivity index (χ2n) is 4.06. The third-order valence-corrected chi connectivity index (χ3v) is 2.76. The first-order valence-electron chi connectivity index (χ1n) is 5.92. The fourth-order valence-electron chi connectivity index (χ4n) is 1.68. The van der Waals surface area contributed by atoms with E-state index in [1.165, 1.54) is 12.4 Å². The number of hydrogen-bond donors (Lipinski definition) is 3. The molecule has 1 amide bonds. The molecular weight excluding hydrogens is 254 g/mol. The fourth-order valence-corrected chi connectivity index (χ4v) is 1.68. The number of nitrogen functional groups attached to an aromatic ring is 1. The lowest BCUT2D eigenvalue weighted by atomic mass is 10.1. The zero-order valence-corrected chi connectivity index (χ0v) is 10.6. The van der Waals surface area contributed by atoms with Crippen molar-refractivity contribution in [1.29, 1.82) is 5.26 Å². The topological polar surface area (TPSA) is 104 Å². The predicted octanol–water partition coefficient (Wildman–Crippen LogP) is 1.17. The van der Waals surface area contributed by atoms with Gasteiger partial charge in [-0.2, -0.15) is 5.26 Å². The smallest absolute Gasteiger partial charge is 0.253 e. The maximum Gasteiger partial charge on any atom is 0.253 e. The normalized spacial score (nSPS) is 9.60. The number of nitriles is 1. The Labute approximate surface area is 116 Å². The number of carbonyl (C=O) groups is 1. The number of anilines is 1. The van der Waals surface area contributed by atoms with Gasteiger partial charge >= 0.3 is 0 Å². The predicted molar refractivity (Wildman–Crippen MR) is 74.4 cm³/mol. The van der Waals surface area contributed by atoms with E-state index in [2.05, 4.69) is 15.7 Å². The van der Waals surface area contributed by atoms with Crippen LogP contribution in [0.25, 0.3) is 0 Å². The van der Waals surface area contributed by atoms with E-state index in [0.717, 1.165) is 5.56 Å². The fraction of sp³-hybridized carbons (Fsp3) is 0.0714. The maximum atomic E-state index is 12.0. The van der Waals surface area contributed by atoms with Crippen LogP contribution in [0.2, 0.25) is 0 Å². The summed E-state index contributed by atoms with van der Waals surface area (Å²) in [6.45, 7) is 0.372. The molecule has 6 nitrogen and oxygen atoms in total. The van der Waals surface area contributed by atoms with Gasteiger partial charge in [0.2, 0.25) is 0 Å². The van der Waals surface area contributed by atoms with Crippen molar-refractivity contribution < 1.29 is 4.79 Å². The summed E-state index contributed by atoms with van der Waals surface area (Å²) in [6.07, 6.45) is 3.01. The summed E-state index contributed by atoms with van der Waals surface area (Å²) in [4.78, 5) is 15.9. The molecule has 2 aromatic rings. The highest BCUT2D eigenvalue weighted by molar-refractivity contribution is 5.99. The Morgan fingerprint density at radius 2 is 2.05 bits per heavy atom. The van der Waals surface area contributed by atoms with E-state index in [1.807, 2.05) is 6.07 Å².